The van der Waals surface area contributed by atoms with Crippen LogP contribution >= 0.6 is 0 Å². The van der Waals surface area contributed by atoms with Crippen molar-refractivity contribution in [3.63, 3.8) is 0 Å². The summed E-state index contributed by atoms with van der Waals surface area (Å²) < 4.78 is 0. The van der Waals surface area contributed by atoms with Crippen molar-refractivity contribution in [2.75, 3.05) is 19.6 Å². The van der Waals surface area contributed by atoms with Gasteiger partial charge in [0.2, 0.25) is 5.91 Å². The summed E-state index contributed by atoms with van der Waals surface area (Å²) in [5, 5.41) is 3.06. The molecule has 0 aromatic heterocycles. The number of nitrogens with one attached hydrogen (secondary N) is 1. The highest BCUT2D eigenvalue weighted by atomic mass is 16.2. The molecule has 1 unspecified atom stereocenters. The average molecular weight is 229 g/mol. The Kier molecular flexibility index (Phi) is 6.60. The minimum absolute atomic E-state index is 0.0853. The van der Waals surface area contributed by atoms with E-state index in [4.69, 9.17) is 5.73 Å². The molecule has 0 spiro atoms. The van der Waals surface area contributed by atoms with E-state index in [2.05, 4.69) is 17.1 Å². The van der Waals surface area contributed by atoms with Gasteiger partial charge in [-0.3, -0.25) is 9.69 Å². The maximum absolute atomic E-state index is 12.0. The Bertz CT molecular complexity index is 216. The van der Waals surface area contributed by atoms with Gasteiger partial charge in [0.25, 0.3) is 0 Å². The highest BCUT2D eigenvalue weighted by Gasteiger charge is 2.24. The molecule has 1 amide bonds. The summed E-state index contributed by atoms with van der Waals surface area (Å²) in [6.45, 7) is 12.3. The van der Waals surface area contributed by atoms with E-state index in [1.807, 2.05) is 27.7 Å². The van der Waals surface area contributed by atoms with E-state index in [0.29, 0.717) is 6.54 Å². The van der Waals surface area contributed by atoms with Crippen LogP contribution in [0.1, 0.15) is 41.0 Å². The highest BCUT2D eigenvalue weighted by Crippen LogP contribution is 2.08. The molecule has 0 rings (SSSR count). The number of likely N-dealkylation sites (N-methyl/N-ethyl adjacent to an activating group) is 1. The van der Waals surface area contributed by atoms with Gasteiger partial charge in [-0.15, -0.1) is 0 Å². The largest absolute Gasteiger partial charge is 0.350 e. The summed E-state index contributed by atoms with van der Waals surface area (Å²) in [4.78, 5) is 14.1. The van der Waals surface area contributed by atoms with Crippen LogP contribution in [0.15, 0.2) is 0 Å². The third-order valence-electron chi connectivity index (χ3n) is 3.10. The SMILES string of the molecule is CCN(CCN)C(C)C(=O)NC(C)(C)CC. The van der Waals surface area contributed by atoms with Crippen LogP contribution in [0, 0.1) is 0 Å². The zero-order valence-electron chi connectivity index (χ0n) is 11.3. The van der Waals surface area contributed by atoms with E-state index in [-0.39, 0.29) is 17.5 Å². The summed E-state index contributed by atoms with van der Waals surface area (Å²) >= 11 is 0. The van der Waals surface area contributed by atoms with Crippen LogP contribution < -0.4 is 11.1 Å². The van der Waals surface area contributed by atoms with Crippen molar-refractivity contribution in [2.45, 2.75) is 52.6 Å². The van der Waals surface area contributed by atoms with E-state index in [9.17, 15) is 4.79 Å². The summed E-state index contributed by atoms with van der Waals surface area (Å²) in [6, 6.07) is -0.112. The van der Waals surface area contributed by atoms with Crippen molar-refractivity contribution >= 4 is 5.91 Å². The van der Waals surface area contributed by atoms with Crippen molar-refractivity contribution in [1.29, 1.82) is 0 Å². The second-order valence-corrected chi connectivity index (χ2v) is 4.82. The third kappa shape index (κ3) is 4.94. The molecule has 0 bridgehead atoms. The molecule has 3 N–H and O–H groups in total. The lowest BCUT2D eigenvalue weighted by molar-refractivity contribution is -0.127. The number of rotatable bonds is 7. The summed E-state index contributed by atoms with van der Waals surface area (Å²) in [5.74, 6) is 0.0853. The van der Waals surface area contributed by atoms with Crippen molar-refractivity contribution in [3.05, 3.63) is 0 Å². The van der Waals surface area contributed by atoms with E-state index in [1.54, 1.807) is 0 Å². The summed E-state index contributed by atoms with van der Waals surface area (Å²) in [6.07, 6.45) is 0.925. The molecule has 0 radical (unpaired) electrons. The van der Waals surface area contributed by atoms with Crippen LogP contribution in [0.25, 0.3) is 0 Å². The zero-order chi connectivity index (χ0) is 12.8. The van der Waals surface area contributed by atoms with Gasteiger partial charge in [0.15, 0.2) is 0 Å². The van der Waals surface area contributed by atoms with Crippen LogP contribution in [0.2, 0.25) is 0 Å². The van der Waals surface area contributed by atoms with Crippen molar-refractivity contribution in [2.24, 2.45) is 5.73 Å². The van der Waals surface area contributed by atoms with Gasteiger partial charge in [-0.1, -0.05) is 13.8 Å². The predicted octanol–water partition coefficient (Wildman–Crippen LogP) is 0.960. The molecular weight excluding hydrogens is 202 g/mol. The van der Waals surface area contributed by atoms with Crippen LogP contribution in [0.4, 0.5) is 0 Å². The molecule has 1 atom stereocenters. The first-order valence-electron chi connectivity index (χ1n) is 6.14. The van der Waals surface area contributed by atoms with Crippen LogP contribution in [0.3, 0.4) is 0 Å². The smallest absolute Gasteiger partial charge is 0.237 e. The van der Waals surface area contributed by atoms with Crippen molar-refractivity contribution in [1.82, 2.24) is 10.2 Å². The Labute approximate surface area is 99.6 Å². The normalized spacial score (nSPS) is 13.9. The third-order valence-corrected chi connectivity index (χ3v) is 3.10. The average Bonchev–Trinajstić information content (AvgIpc) is 2.24. The monoisotopic (exact) mass is 229 g/mol. The van der Waals surface area contributed by atoms with Gasteiger partial charge in [0.1, 0.15) is 0 Å². The number of hydrogen-bond donors (Lipinski definition) is 2. The number of hydrogen-bond acceptors (Lipinski definition) is 3. The first-order valence-corrected chi connectivity index (χ1v) is 6.14. The van der Waals surface area contributed by atoms with E-state index in [0.717, 1.165) is 19.5 Å². The molecule has 0 aliphatic carbocycles. The fraction of sp³-hybridized carbons (Fsp3) is 0.917. The Morgan fingerprint density at radius 2 is 2.00 bits per heavy atom. The van der Waals surface area contributed by atoms with Gasteiger partial charge in [-0.2, -0.15) is 0 Å². The molecule has 4 nitrogen and oxygen atoms in total. The number of nitrogens with zero attached hydrogens (tertiary/aromatic N) is 1. The van der Waals surface area contributed by atoms with Gasteiger partial charge in [-0.25, -0.2) is 0 Å². The standard InChI is InChI=1S/C12H27N3O/c1-6-12(4,5)14-11(16)10(3)15(7-2)9-8-13/h10H,6-9,13H2,1-5H3,(H,14,16). The lowest BCUT2D eigenvalue weighted by Gasteiger charge is -2.31. The molecule has 0 aliphatic heterocycles. The van der Waals surface area contributed by atoms with Crippen LogP contribution in [-0.2, 0) is 4.79 Å². The first-order chi connectivity index (χ1) is 7.37. The minimum atomic E-state index is -0.131. The zero-order valence-corrected chi connectivity index (χ0v) is 11.3. The molecule has 0 aromatic rings. The maximum Gasteiger partial charge on any atom is 0.237 e. The second kappa shape index (κ2) is 6.86. The van der Waals surface area contributed by atoms with E-state index < -0.39 is 0 Å². The van der Waals surface area contributed by atoms with E-state index >= 15 is 0 Å². The molecule has 0 saturated carbocycles. The first kappa shape index (κ1) is 15.4. The summed E-state index contributed by atoms with van der Waals surface area (Å²) in [5.41, 5.74) is 5.39. The molecule has 96 valence electrons. The van der Waals surface area contributed by atoms with Crippen LogP contribution in [0.5, 0.6) is 0 Å². The van der Waals surface area contributed by atoms with Gasteiger partial charge < -0.3 is 11.1 Å². The molecule has 0 saturated heterocycles. The quantitative estimate of drug-likeness (QED) is 0.683. The minimum Gasteiger partial charge on any atom is -0.350 e. The number of carbonyl (C=O) groups is 1. The lowest BCUT2D eigenvalue weighted by atomic mass is 10.0. The molecular formula is C12H27N3O. The highest BCUT2D eigenvalue weighted by molar-refractivity contribution is 5.82. The van der Waals surface area contributed by atoms with E-state index in [1.165, 1.54) is 0 Å². The second-order valence-electron chi connectivity index (χ2n) is 4.82. The topological polar surface area (TPSA) is 58.4 Å². The number of amides is 1. The number of nitrogens with two attached hydrogens (primary N) is 1. The Hall–Kier alpha value is -0.610. The molecule has 0 fully saturated rings. The van der Waals surface area contributed by atoms with Crippen molar-refractivity contribution < 1.29 is 4.79 Å². The Morgan fingerprint density at radius 1 is 1.44 bits per heavy atom. The lowest BCUT2D eigenvalue weighted by Crippen LogP contribution is -2.52. The maximum atomic E-state index is 12.0. The number of carbonyl (C=O) groups excluding carboxylic acids is 1. The van der Waals surface area contributed by atoms with Crippen LogP contribution in [-0.4, -0.2) is 42.0 Å². The van der Waals surface area contributed by atoms with Crippen molar-refractivity contribution in [3.8, 4) is 0 Å². The molecule has 0 heterocycles. The molecule has 0 aromatic carbocycles. The fourth-order valence-corrected chi connectivity index (χ4v) is 1.48. The van der Waals surface area contributed by atoms with Gasteiger partial charge in [-0.05, 0) is 33.7 Å². The molecule has 16 heavy (non-hydrogen) atoms. The van der Waals surface area contributed by atoms with Gasteiger partial charge in [0, 0.05) is 18.6 Å². The Balaban J connectivity index is 4.36. The summed E-state index contributed by atoms with van der Waals surface area (Å²) in [7, 11) is 0. The molecule has 0 aliphatic rings. The fourth-order valence-electron chi connectivity index (χ4n) is 1.48. The predicted molar refractivity (Wildman–Crippen MR) is 68.3 cm³/mol. The molecule has 4 heteroatoms. The Morgan fingerprint density at radius 3 is 2.38 bits per heavy atom. The van der Waals surface area contributed by atoms with Gasteiger partial charge >= 0.3 is 0 Å². The van der Waals surface area contributed by atoms with Gasteiger partial charge in [0.05, 0.1) is 6.04 Å².